The van der Waals surface area contributed by atoms with Gasteiger partial charge in [-0.1, -0.05) is 24.3 Å². The zero-order valence-corrected chi connectivity index (χ0v) is 18.5. The molecule has 3 heterocycles. The molecule has 2 saturated heterocycles. The van der Waals surface area contributed by atoms with E-state index in [4.69, 9.17) is 0 Å². The Hall–Kier alpha value is -2.18. The number of carbonyl (C=O) groups excluding carboxylic acids is 2. The lowest BCUT2D eigenvalue weighted by molar-refractivity contribution is -0.134. The van der Waals surface area contributed by atoms with Crippen molar-refractivity contribution in [3.8, 4) is 0 Å². The fourth-order valence-electron chi connectivity index (χ4n) is 5.44. The topological polar surface area (TPSA) is 52.7 Å². The van der Waals surface area contributed by atoms with Crippen LogP contribution in [0.5, 0.6) is 0 Å². The Morgan fingerprint density at radius 1 is 1.10 bits per heavy atom. The summed E-state index contributed by atoms with van der Waals surface area (Å²) in [6.07, 6.45) is 3.41. The quantitative estimate of drug-likeness (QED) is 0.762. The van der Waals surface area contributed by atoms with Crippen LogP contribution >= 0.6 is 11.3 Å². The van der Waals surface area contributed by atoms with Crippen molar-refractivity contribution >= 4 is 23.3 Å². The Balaban J connectivity index is 1.25. The second-order valence-corrected chi connectivity index (χ2v) is 10.2. The lowest BCUT2D eigenvalue weighted by Crippen LogP contribution is -2.54. The second-order valence-electron chi connectivity index (χ2n) is 9.22. The SMILES string of the molecule is Cc1ccsc1CN1CCC([C@@]2(C)NC(=O)N(C3Cc4ccccc4C3)C2=O)CC1. The van der Waals surface area contributed by atoms with Gasteiger partial charge in [0.05, 0.1) is 0 Å². The number of fused-ring (bicyclic) bond motifs is 1. The summed E-state index contributed by atoms with van der Waals surface area (Å²) in [6, 6.07) is 10.2. The third-order valence-electron chi connectivity index (χ3n) is 7.38. The van der Waals surface area contributed by atoms with Gasteiger partial charge in [-0.3, -0.25) is 14.6 Å². The molecule has 1 aliphatic carbocycles. The first-order valence-electron chi connectivity index (χ1n) is 10.9. The van der Waals surface area contributed by atoms with Gasteiger partial charge in [0.15, 0.2) is 0 Å². The highest BCUT2D eigenvalue weighted by Crippen LogP contribution is 2.37. The molecule has 0 unspecified atom stereocenters. The zero-order valence-electron chi connectivity index (χ0n) is 17.7. The fourth-order valence-corrected chi connectivity index (χ4v) is 6.39. The van der Waals surface area contributed by atoms with E-state index in [1.165, 1.54) is 26.5 Å². The number of nitrogens with one attached hydrogen (secondary N) is 1. The summed E-state index contributed by atoms with van der Waals surface area (Å²) in [7, 11) is 0. The van der Waals surface area contributed by atoms with Crippen molar-refractivity contribution < 1.29 is 9.59 Å². The second kappa shape index (κ2) is 7.50. The van der Waals surface area contributed by atoms with E-state index in [1.54, 1.807) is 0 Å². The number of nitrogens with zero attached hydrogens (tertiary/aromatic N) is 2. The van der Waals surface area contributed by atoms with E-state index in [0.29, 0.717) is 0 Å². The normalized spacial score (nSPS) is 25.7. The number of piperidine rings is 1. The molecule has 1 aromatic heterocycles. The maximum atomic E-state index is 13.5. The minimum Gasteiger partial charge on any atom is -0.323 e. The monoisotopic (exact) mass is 423 g/mol. The molecule has 30 heavy (non-hydrogen) atoms. The summed E-state index contributed by atoms with van der Waals surface area (Å²) in [5.41, 5.74) is 3.10. The molecule has 5 rings (SSSR count). The molecule has 1 atom stereocenters. The van der Waals surface area contributed by atoms with Crippen molar-refractivity contribution in [3.05, 3.63) is 57.3 Å². The number of likely N-dealkylation sites (tertiary alicyclic amines) is 1. The molecule has 2 aromatic rings. The number of rotatable bonds is 4. The lowest BCUT2D eigenvalue weighted by atomic mass is 9.78. The summed E-state index contributed by atoms with van der Waals surface area (Å²) in [5, 5.41) is 5.25. The minimum atomic E-state index is -0.781. The van der Waals surface area contributed by atoms with E-state index >= 15 is 0 Å². The molecule has 1 N–H and O–H groups in total. The van der Waals surface area contributed by atoms with Crippen LogP contribution in [0.4, 0.5) is 4.79 Å². The predicted molar refractivity (Wildman–Crippen MR) is 118 cm³/mol. The molecule has 3 aliphatic rings. The van der Waals surface area contributed by atoms with Crippen LogP contribution < -0.4 is 5.32 Å². The highest BCUT2D eigenvalue weighted by Gasteiger charge is 2.55. The van der Waals surface area contributed by atoms with Gasteiger partial charge < -0.3 is 5.32 Å². The average Bonchev–Trinajstić information content (AvgIpc) is 3.39. The van der Waals surface area contributed by atoms with Crippen LogP contribution in [0.1, 0.15) is 41.3 Å². The van der Waals surface area contributed by atoms with Crippen LogP contribution in [0.15, 0.2) is 35.7 Å². The number of aryl methyl sites for hydroxylation is 1. The van der Waals surface area contributed by atoms with E-state index in [-0.39, 0.29) is 23.9 Å². The van der Waals surface area contributed by atoms with Crippen molar-refractivity contribution in [3.63, 3.8) is 0 Å². The van der Waals surface area contributed by atoms with Crippen LogP contribution in [-0.4, -0.2) is 46.4 Å². The molecule has 0 spiro atoms. The number of imide groups is 1. The van der Waals surface area contributed by atoms with Crippen molar-refractivity contribution in [2.45, 2.75) is 57.7 Å². The van der Waals surface area contributed by atoms with Gasteiger partial charge >= 0.3 is 6.03 Å². The van der Waals surface area contributed by atoms with Gasteiger partial charge in [0.2, 0.25) is 0 Å². The summed E-state index contributed by atoms with van der Waals surface area (Å²) < 4.78 is 0. The third-order valence-corrected chi connectivity index (χ3v) is 8.39. The molecule has 3 amide bonds. The highest BCUT2D eigenvalue weighted by atomic mass is 32.1. The molecule has 0 radical (unpaired) electrons. The van der Waals surface area contributed by atoms with E-state index in [9.17, 15) is 9.59 Å². The standard InChI is InChI=1S/C24H29N3O2S/c1-16-9-12-30-21(16)15-26-10-7-19(8-11-26)24(2)22(28)27(23(29)25-24)20-13-17-5-3-4-6-18(17)14-20/h3-6,9,12,19-20H,7-8,10-11,13-15H2,1-2H3,(H,25,29)/t24-/m1/s1. The van der Waals surface area contributed by atoms with Crippen molar-refractivity contribution in [2.24, 2.45) is 5.92 Å². The molecule has 0 bridgehead atoms. The van der Waals surface area contributed by atoms with Crippen LogP contribution in [0.3, 0.4) is 0 Å². The first-order valence-corrected chi connectivity index (χ1v) is 11.8. The van der Waals surface area contributed by atoms with E-state index < -0.39 is 5.54 Å². The van der Waals surface area contributed by atoms with Gasteiger partial charge in [0.1, 0.15) is 5.54 Å². The Morgan fingerprint density at radius 2 is 1.77 bits per heavy atom. The maximum Gasteiger partial charge on any atom is 0.325 e. The Morgan fingerprint density at radius 3 is 2.37 bits per heavy atom. The smallest absolute Gasteiger partial charge is 0.323 e. The van der Waals surface area contributed by atoms with Crippen LogP contribution in [0.2, 0.25) is 0 Å². The Labute approximate surface area is 182 Å². The van der Waals surface area contributed by atoms with Gasteiger partial charge in [-0.05, 0) is 86.7 Å². The van der Waals surface area contributed by atoms with Crippen molar-refractivity contribution in [2.75, 3.05) is 13.1 Å². The first-order chi connectivity index (χ1) is 14.5. The Kier molecular flexibility index (Phi) is 4.94. The molecular weight excluding hydrogens is 394 g/mol. The molecule has 0 saturated carbocycles. The summed E-state index contributed by atoms with van der Waals surface area (Å²) >= 11 is 1.82. The van der Waals surface area contributed by atoms with Gasteiger partial charge in [-0.2, -0.15) is 0 Å². The van der Waals surface area contributed by atoms with Gasteiger partial charge in [-0.25, -0.2) is 4.79 Å². The van der Waals surface area contributed by atoms with E-state index in [0.717, 1.165) is 45.3 Å². The third kappa shape index (κ3) is 3.26. The minimum absolute atomic E-state index is 0.0298. The molecule has 1 aromatic carbocycles. The van der Waals surface area contributed by atoms with E-state index in [2.05, 4.69) is 40.7 Å². The molecule has 6 heteroatoms. The molecule has 158 valence electrons. The average molecular weight is 424 g/mol. The number of hydrogen-bond donors (Lipinski definition) is 1. The molecular formula is C24H29N3O2S. The largest absolute Gasteiger partial charge is 0.325 e. The zero-order chi connectivity index (χ0) is 20.9. The van der Waals surface area contributed by atoms with Crippen molar-refractivity contribution in [1.29, 1.82) is 0 Å². The molecule has 5 nitrogen and oxygen atoms in total. The number of benzene rings is 1. The lowest BCUT2D eigenvalue weighted by Gasteiger charge is -2.39. The highest BCUT2D eigenvalue weighted by molar-refractivity contribution is 7.10. The number of hydrogen-bond acceptors (Lipinski definition) is 4. The molecule has 2 aliphatic heterocycles. The number of thiophene rings is 1. The maximum absolute atomic E-state index is 13.5. The predicted octanol–water partition coefficient (Wildman–Crippen LogP) is 3.75. The van der Waals surface area contributed by atoms with Crippen molar-refractivity contribution in [1.82, 2.24) is 15.1 Å². The number of carbonyl (C=O) groups is 2. The van der Waals surface area contributed by atoms with Gasteiger partial charge in [0.25, 0.3) is 5.91 Å². The van der Waals surface area contributed by atoms with Gasteiger partial charge in [-0.15, -0.1) is 11.3 Å². The fraction of sp³-hybridized carbons (Fsp3) is 0.500. The summed E-state index contributed by atoms with van der Waals surface area (Å²) in [5.74, 6) is 0.154. The van der Waals surface area contributed by atoms with Crippen LogP contribution in [-0.2, 0) is 24.2 Å². The number of amides is 3. The van der Waals surface area contributed by atoms with Gasteiger partial charge in [0, 0.05) is 17.5 Å². The van der Waals surface area contributed by atoms with Crippen LogP contribution in [0.25, 0.3) is 0 Å². The Bertz CT molecular complexity index is 953. The van der Waals surface area contributed by atoms with Crippen LogP contribution in [0, 0.1) is 12.8 Å². The molecule has 2 fully saturated rings. The van der Waals surface area contributed by atoms with E-state index in [1.807, 2.05) is 30.4 Å². The summed E-state index contributed by atoms with van der Waals surface area (Å²) in [4.78, 5) is 31.8. The number of urea groups is 1. The summed E-state index contributed by atoms with van der Waals surface area (Å²) in [6.45, 7) is 7.03. The first kappa shape index (κ1) is 19.8.